The second-order valence-electron chi connectivity index (χ2n) is 7.70. The van der Waals surface area contributed by atoms with Crippen LogP contribution in [0.1, 0.15) is 53.6 Å². The van der Waals surface area contributed by atoms with Gasteiger partial charge in [0.15, 0.2) is 5.78 Å². The highest BCUT2D eigenvalue weighted by Crippen LogP contribution is 2.32. The first-order valence-corrected chi connectivity index (χ1v) is 9.88. The molecule has 1 saturated heterocycles. The van der Waals surface area contributed by atoms with Gasteiger partial charge in [-0.3, -0.25) is 14.6 Å². The molecule has 0 aliphatic carbocycles. The molecule has 3 rings (SSSR count). The van der Waals surface area contributed by atoms with Gasteiger partial charge >= 0.3 is 0 Å². The summed E-state index contributed by atoms with van der Waals surface area (Å²) in [5, 5.41) is 9.04. The number of nitriles is 1. The van der Waals surface area contributed by atoms with E-state index in [1.54, 1.807) is 18.3 Å². The molecule has 2 atom stereocenters. The van der Waals surface area contributed by atoms with E-state index in [0.29, 0.717) is 12.0 Å². The van der Waals surface area contributed by atoms with Crippen molar-refractivity contribution in [3.05, 3.63) is 65.5 Å². The third-order valence-corrected chi connectivity index (χ3v) is 5.40. The average molecular weight is 411 g/mol. The quantitative estimate of drug-likeness (QED) is 0.642. The molecule has 0 saturated carbocycles. The zero-order valence-corrected chi connectivity index (χ0v) is 16.7. The summed E-state index contributed by atoms with van der Waals surface area (Å²) >= 11 is 0. The fraction of sp³-hybridized carbons (Fsp3) is 0.391. The molecule has 156 valence electrons. The van der Waals surface area contributed by atoms with E-state index in [0.717, 1.165) is 16.0 Å². The lowest BCUT2D eigenvalue weighted by atomic mass is 9.91. The van der Waals surface area contributed by atoms with Gasteiger partial charge in [-0.2, -0.15) is 5.26 Å². The molecule has 1 fully saturated rings. The minimum Gasteiger partial charge on any atom is -0.320 e. The van der Waals surface area contributed by atoms with Crippen molar-refractivity contribution < 1.29 is 18.4 Å². The van der Waals surface area contributed by atoms with Crippen molar-refractivity contribution in [1.82, 2.24) is 9.88 Å². The number of rotatable bonds is 7. The largest absolute Gasteiger partial charge is 0.320 e. The molecule has 1 aliphatic heterocycles. The normalized spacial score (nSPS) is 18.6. The third kappa shape index (κ3) is 5.07. The van der Waals surface area contributed by atoms with Crippen molar-refractivity contribution in [3.8, 4) is 6.07 Å². The number of benzene rings is 1. The van der Waals surface area contributed by atoms with Crippen LogP contribution in [-0.4, -0.2) is 40.1 Å². The number of hydrogen-bond acceptors (Lipinski definition) is 4. The number of pyridine rings is 1. The molecule has 1 aliphatic rings. The van der Waals surface area contributed by atoms with Crippen LogP contribution in [0, 0.1) is 11.3 Å². The molecule has 0 bridgehead atoms. The molecule has 1 amide bonds. The highest BCUT2D eigenvalue weighted by Gasteiger charge is 2.47. The first-order chi connectivity index (χ1) is 14.3. The Bertz CT molecular complexity index is 956. The van der Waals surface area contributed by atoms with Crippen LogP contribution in [0.15, 0.2) is 48.8 Å². The molecular weight excluding hydrogens is 388 g/mol. The maximum atomic E-state index is 13.6. The summed E-state index contributed by atoms with van der Waals surface area (Å²) in [6, 6.07) is 12.1. The van der Waals surface area contributed by atoms with Crippen LogP contribution in [-0.2, 0) is 11.2 Å². The van der Waals surface area contributed by atoms with E-state index >= 15 is 0 Å². The maximum absolute atomic E-state index is 13.6. The summed E-state index contributed by atoms with van der Waals surface area (Å²) in [6.07, 6.45) is 2.83. The van der Waals surface area contributed by atoms with Crippen molar-refractivity contribution in [3.63, 3.8) is 0 Å². The highest BCUT2D eigenvalue weighted by atomic mass is 19.3. The SMILES string of the molecule is CC(Cc1cnccc1C(=O)CCC(=O)N1CC(F)(F)C[C@H]1C#N)c1ccccc1. The standard InChI is InChI=1S/C23H23F2N3O2/c1-16(17-5-3-2-4-6-17)11-18-14-27-10-9-20(18)21(29)7-8-22(30)28-15-23(24,25)12-19(28)13-26/h2-6,9-10,14,16,19H,7-8,11-12,15H2,1H3/t16?,19-/m0/s1. The Morgan fingerprint density at radius 1 is 1.27 bits per heavy atom. The van der Waals surface area contributed by atoms with Gasteiger partial charge in [0.25, 0.3) is 5.92 Å². The second kappa shape index (κ2) is 9.12. The van der Waals surface area contributed by atoms with Gasteiger partial charge in [0, 0.05) is 37.2 Å². The molecule has 0 N–H and O–H groups in total. The molecule has 2 aromatic rings. The molecule has 1 aromatic heterocycles. The number of alkyl halides is 2. The summed E-state index contributed by atoms with van der Waals surface area (Å²) in [6.45, 7) is 1.29. The fourth-order valence-corrected chi connectivity index (χ4v) is 3.78. The molecule has 2 heterocycles. The molecule has 0 radical (unpaired) electrons. The molecule has 30 heavy (non-hydrogen) atoms. The molecule has 5 nitrogen and oxygen atoms in total. The monoisotopic (exact) mass is 411 g/mol. The number of nitrogens with zero attached hydrogens (tertiary/aromatic N) is 3. The molecular formula is C23H23F2N3O2. The van der Waals surface area contributed by atoms with Gasteiger partial charge in [-0.25, -0.2) is 8.78 Å². The molecule has 7 heteroatoms. The minimum absolute atomic E-state index is 0.101. The predicted molar refractivity (Wildman–Crippen MR) is 107 cm³/mol. The second-order valence-corrected chi connectivity index (χ2v) is 7.70. The number of carbonyl (C=O) groups is 2. The zero-order chi connectivity index (χ0) is 21.7. The van der Waals surface area contributed by atoms with E-state index in [4.69, 9.17) is 5.26 Å². The van der Waals surface area contributed by atoms with Crippen LogP contribution < -0.4 is 0 Å². The number of amides is 1. The fourth-order valence-electron chi connectivity index (χ4n) is 3.78. The van der Waals surface area contributed by atoms with Crippen LogP contribution in [0.4, 0.5) is 8.78 Å². The van der Waals surface area contributed by atoms with E-state index in [9.17, 15) is 18.4 Å². The lowest BCUT2D eigenvalue weighted by molar-refractivity contribution is -0.132. The third-order valence-electron chi connectivity index (χ3n) is 5.40. The van der Waals surface area contributed by atoms with Crippen LogP contribution in [0.5, 0.6) is 0 Å². The Morgan fingerprint density at radius 2 is 2.00 bits per heavy atom. The number of likely N-dealkylation sites (tertiary alicyclic amines) is 1. The van der Waals surface area contributed by atoms with Crippen molar-refractivity contribution in [1.29, 1.82) is 5.26 Å². The lowest BCUT2D eigenvalue weighted by Crippen LogP contribution is -2.36. The van der Waals surface area contributed by atoms with Crippen LogP contribution in [0.3, 0.4) is 0 Å². The van der Waals surface area contributed by atoms with E-state index < -0.39 is 30.8 Å². The first-order valence-electron chi connectivity index (χ1n) is 9.88. The summed E-state index contributed by atoms with van der Waals surface area (Å²) in [5.74, 6) is -3.72. The minimum atomic E-state index is -3.06. The Hall–Kier alpha value is -3.14. The van der Waals surface area contributed by atoms with Gasteiger partial charge in [-0.15, -0.1) is 0 Å². The Morgan fingerprint density at radius 3 is 2.70 bits per heavy atom. The van der Waals surface area contributed by atoms with Crippen LogP contribution in [0.25, 0.3) is 0 Å². The summed E-state index contributed by atoms with van der Waals surface area (Å²) in [4.78, 5) is 30.1. The van der Waals surface area contributed by atoms with Crippen LogP contribution >= 0.6 is 0 Å². The number of Topliss-reactive ketones (excluding diaryl/α,β-unsaturated/α-hetero) is 1. The van der Waals surface area contributed by atoms with Crippen LogP contribution in [0.2, 0.25) is 0 Å². The van der Waals surface area contributed by atoms with E-state index in [1.807, 2.05) is 30.3 Å². The van der Waals surface area contributed by atoms with Gasteiger partial charge in [0.2, 0.25) is 5.91 Å². The van der Waals surface area contributed by atoms with E-state index in [1.165, 1.54) is 6.20 Å². The smallest absolute Gasteiger partial charge is 0.268 e. The first kappa shape index (κ1) is 21.6. The number of aromatic nitrogens is 1. The number of halogens is 2. The summed E-state index contributed by atoms with van der Waals surface area (Å²) < 4.78 is 27.1. The topological polar surface area (TPSA) is 74.1 Å². The van der Waals surface area contributed by atoms with Gasteiger partial charge in [0.1, 0.15) is 6.04 Å². The Balaban J connectivity index is 1.65. The zero-order valence-electron chi connectivity index (χ0n) is 16.7. The maximum Gasteiger partial charge on any atom is 0.268 e. The molecule has 0 spiro atoms. The van der Waals surface area contributed by atoms with Gasteiger partial charge < -0.3 is 4.90 Å². The number of ketones is 1. The van der Waals surface area contributed by atoms with Gasteiger partial charge in [-0.1, -0.05) is 37.3 Å². The van der Waals surface area contributed by atoms with E-state index in [2.05, 4.69) is 11.9 Å². The lowest BCUT2D eigenvalue weighted by Gasteiger charge is -2.19. The molecule has 1 aromatic carbocycles. The Labute approximate surface area is 174 Å². The number of hydrogen-bond donors (Lipinski definition) is 0. The van der Waals surface area contributed by atoms with Crippen molar-refractivity contribution in [2.45, 2.75) is 50.5 Å². The summed E-state index contributed by atoms with van der Waals surface area (Å²) in [5.41, 5.74) is 2.42. The summed E-state index contributed by atoms with van der Waals surface area (Å²) in [7, 11) is 0. The van der Waals surface area contributed by atoms with Crippen molar-refractivity contribution in [2.24, 2.45) is 0 Å². The number of carbonyl (C=O) groups excluding carboxylic acids is 2. The average Bonchev–Trinajstić information content (AvgIpc) is 3.07. The van der Waals surface area contributed by atoms with Crippen molar-refractivity contribution in [2.75, 3.05) is 6.54 Å². The van der Waals surface area contributed by atoms with Gasteiger partial charge in [0.05, 0.1) is 12.6 Å². The molecule has 1 unspecified atom stereocenters. The van der Waals surface area contributed by atoms with E-state index in [-0.39, 0.29) is 24.5 Å². The van der Waals surface area contributed by atoms with Crippen molar-refractivity contribution >= 4 is 11.7 Å². The van der Waals surface area contributed by atoms with Gasteiger partial charge in [-0.05, 0) is 29.5 Å². The predicted octanol–water partition coefficient (Wildman–Crippen LogP) is 4.15. The Kier molecular flexibility index (Phi) is 6.56. The highest BCUT2D eigenvalue weighted by molar-refractivity contribution is 5.99.